The van der Waals surface area contributed by atoms with Crippen molar-refractivity contribution in [1.82, 2.24) is 9.88 Å². The summed E-state index contributed by atoms with van der Waals surface area (Å²) >= 11 is 0. The molecule has 0 bridgehead atoms. The molecule has 0 atom stereocenters. The lowest BCUT2D eigenvalue weighted by Crippen LogP contribution is -2.50. The summed E-state index contributed by atoms with van der Waals surface area (Å²) in [5, 5.41) is 30.5. The third kappa shape index (κ3) is 3.07. The van der Waals surface area contributed by atoms with Gasteiger partial charge in [0.25, 0.3) is 0 Å². The van der Waals surface area contributed by atoms with E-state index in [0.717, 1.165) is 5.56 Å². The zero-order valence-corrected chi connectivity index (χ0v) is 10.3. The maximum absolute atomic E-state index is 9.28. The Morgan fingerprint density at radius 2 is 2.12 bits per heavy atom. The molecule has 0 amide bonds. The topological polar surface area (TPSA) is 81.2 Å². The van der Waals surface area contributed by atoms with Crippen LogP contribution < -0.4 is 5.32 Å². The number of nitriles is 1. The third-order valence-electron chi connectivity index (χ3n) is 3.13. The van der Waals surface area contributed by atoms with Crippen LogP contribution in [0.1, 0.15) is 24.6 Å². The third-order valence-corrected chi connectivity index (χ3v) is 3.13. The molecule has 0 fully saturated rings. The van der Waals surface area contributed by atoms with Gasteiger partial charge in [-0.15, -0.1) is 0 Å². The van der Waals surface area contributed by atoms with Crippen molar-refractivity contribution in [3.8, 4) is 6.07 Å². The van der Waals surface area contributed by atoms with Gasteiger partial charge in [0.05, 0.1) is 18.8 Å². The van der Waals surface area contributed by atoms with E-state index in [9.17, 15) is 10.2 Å². The van der Waals surface area contributed by atoms with Crippen LogP contribution in [-0.2, 0) is 13.6 Å². The molecule has 0 saturated carbocycles. The summed E-state index contributed by atoms with van der Waals surface area (Å²) in [5.74, 6) is 0. The Morgan fingerprint density at radius 3 is 2.53 bits per heavy atom. The second-order valence-corrected chi connectivity index (χ2v) is 4.26. The quantitative estimate of drug-likeness (QED) is 0.656. The van der Waals surface area contributed by atoms with E-state index in [0.29, 0.717) is 18.7 Å². The largest absolute Gasteiger partial charge is 0.394 e. The van der Waals surface area contributed by atoms with Gasteiger partial charge in [-0.1, -0.05) is 6.92 Å². The van der Waals surface area contributed by atoms with Crippen LogP contribution in [-0.4, -0.2) is 33.5 Å². The summed E-state index contributed by atoms with van der Waals surface area (Å²) in [4.78, 5) is 0. The predicted octanol–water partition coefficient (Wildman–Crippen LogP) is 0.120. The first-order chi connectivity index (χ1) is 8.10. The van der Waals surface area contributed by atoms with Crippen molar-refractivity contribution in [2.75, 3.05) is 13.2 Å². The number of aliphatic hydroxyl groups excluding tert-OH is 2. The Morgan fingerprint density at radius 1 is 1.47 bits per heavy atom. The second-order valence-electron chi connectivity index (χ2n) is 4.26. The predicted molar refractivity (Wildman–Crippen MR) is 64.2 cm³/mol. The number of hydrogen-bond donors (Lipinski definition) is 3. The SMILES string of the molecule is CCC(CO)(CO)NCc1cc(C#N)n(C)c1. The summed E-state index contributed by atoms with van der Waals surface area (Å²) in [6.45, 7) is 2.20. The maximum atomic E-state index is 9.28. The standard InChI is InChI=1S/C12H19N3O2/c1-3-12(8-16,9-17)14-6-10-4-11(5-13)15(2)7-10/h4,7,14,16-17H,3,6,8-9H2,1-2H3. The van der Waals surface area contributed by atoms with Crippen molar-refractivity contribution in [2.24, 2.45) is 7.05 Å². The molecule has 0 saturated heterocycles. The number of nitrogens with zero attached hydrogens (tertiary/aromatic N) is 2. The molecule has 0 aliphatic carbocycles. The summed E-state index contributed by atoms with van der Waals surface area (Å²) in [6.07, 6.45) is 2.50. The van der Waals surface area contributed by atoms with Crippen LogP contribution in [0.2, 0.25) is 0 Å². The maximum Gasteiger partial charge on any atom is 0.120 e. The molecule has 0 spiro atoms. The second kappa shape index (κ2) is 5.82. The number of aryl methyl sites for hydroxylation is 1. The fourth-order valence-corrected chi connectivity index (χ4v) is 1.64. The molecule has 17 heavy (non-hydrogen) atoms. The van der Waals surface area contributed by atoms with E-state index in [1.807, 2.05) is 20.2 Å². The van der Waals surface area contributed by atoms with Crippen LogP contribution in [0.3, 0.4) is 0 Å². The number of nitrogens with one attached hydrogen (secondary N) is 1. The Balaban J connectivity index is 2.69. The monoisotopic (exact) mass is 237 g/mol. The van der Waals surface area contributed by atoms with Crippen LogP contribution in [0.4, 0.5) is 0 Å². The number of hydrogen-bond acceptors (Lipinski definition) is 4. The summed E-state index contributed by atoms with van der Waals surface area (Å²) < 4.78 is 1.75. The van der Waals surface area contributed by atoms with Crippen molar-refractivity contribution in [3.05, 3.63) is 23.5 Å². The number of aromatic nitrogens is 1. The van der Waals surface area contributed by atoms with Crippen LogP contribution in [0, 0.1) is 11.3 Å². The van der Waals surface area contributed by atoms with Crippen LogP contribution in [0.5, 0.6) is 0 Å². The number of rotatable bonds is 6. The zero-order valence-electron chi connectivity index (χ0n) is 10.3. The fraction of sp³-hybridized carbons (Fsp3) is 0.583. The molecule has 94 valence electrons. The zero-order chi connectivity index (χ0) is 12.9. The fourth-order valence-electron chi connectivity index (χ4n) is 1.64. The minimum absolute atomic E-state index is 0.113. The minimum Gasteiger partial charge on any atom is -0.394 e. The lowest BCUT2D eigenvalue weighted by molar-refractivity contribution is 0.0864. The highest BCUT2D eigenvalue weighted by atomic mass is 16.3. The number of aliphatic hydroxyl groups is 2. The van der Waals surface area contributed by atoms with Gasteiger partial charge < -0.3 is 20.1 Å². The molecule has 1 aromatic heterocycles. The van der Waals surface area contributed by atoms with Gasteiger partial charge in [-0.25, -0.2) is 0 Å². The average Bonchev–Trinajstić information content (AvgIpc) is 2.72. The molecule has 0 unspecified atom stereocenters. The lowest BCUT2D eigenvalue weighted by atomic mass is 9.98. The Bertz CT molecular complexity index is 394. The highest BCUT2D eigenvalue weighted by molar-refractivity contribution is 5.28. The first-order valence-electron chi connectivity index (χ1n) is 5.63. The molecular formula is C12H19N3O2. The van der Waals surface area contributed by atoms with E-state index in [4.69, 9.17) is 5.26 Å². The molecule has 1 aromatic rings. The Labute approximate surface area is 101 Å². The average molecular weight is 237 g/mol. The minimum atomic E-state index is -0.650. The van der Waals surface area contributed by atoms with Crippen molar-refractivity contribution < 1.29 is 10.2 Å². The van der Waals surface area contributed by atoms with E-state index in [-0.39, 0.29) is 13.2 Å². The first-order valence-corrected chi connectivity index (χ1v) is 5.63. The normalized spacial score (nSPS) is 11.5. The summed E-state index contributed by atoms with van der Waals surface area (Å²) in [6, 6.07) is 3.88. The van der Waals surface area contributed by atoms with E-state index >= 15 is 0 Å². The van der Waals surface area contributed by atoms with Gasteiger partial charge >= 0.3 is 0 Å². The molecule has 5 nitrogen and oxygen atoms in total. The van der Waals surface area contributed by atoms with Gasteiger partial charge in [-0.3, -0.25) is 0 Å². The highest BCUT2D eigenvalue weighted by Gasteiger charge is 2.25. The van der Waals surface area contributed by atoms with E-state index in [1.54, 1.807) is 10.6 Å². The van der Waals surface area contributed by atoms with E-state index in [1.165, 1.54) is 0 Å². The molecule has 3 N–H and O–H groups in total. The molecule has 0 aromatic carbocycles. The summed E-state index contributed by atoms with van der Waals surface area (Å²) in [7, 11) is 1.81. The van der Waals surface area contributed by atoms with Crippen LogP contribution >= 0.6 is 0 Å². The van der Waals surface area contributed by atoms with E-state index in [2.05, 4.69) is 11.4 Å². The molecule has 1 heterocycles. The van der Waals surface area contributed by atoms with Crippen LogP contribution in [0.15, 0.2) is 12.3 Å². The molecule has 0 radical (unpaired) electrons. The first kappa shape index (κ1) is 13.7. The van der Waals surface area contributed by atoms with Gasteiger partial charge in [-0.05, 0) is 18.1 Å². The van der Waals surface area contributed by atoms with Crippen molar-refractivity contribution in [3.63, 3.8) is 0 Å². The van der Waals surface area contributed by atoms with Crippen molar-refractivity contribution >= 4 is 0 Å². The van der Waals surface area contributed by atoms with Crippen molar-refractivity contribution in [1.29, 1.82) is 5.26 Å². The smallest absolute Gasteiger partial charge is 0.120 e. The lowest BCUT2D eigenvalue weighted by Gasteiger charge is -2.29. The van der Waals surface area contributed by atoms with Gasteiger partial charge in [0, 0.05) is 19.8 Å². The van der Waals surface area contributed by atoms with Gasteiger partial charge in [-0.2, -0.15) is 5.26 Å². The highest BCUT2D eigenvalue weighted by Crippen LogP contribution is 2.12. The molecule has 0 aliphatic rings. The van der Waals surface area contributed by atoms with Gasteiger partial charge in [0.2, 0.25) is 0 Å². The molecule has 1 rings (SSSR count). The van der Waals surface area contributed by atoms with Gasteiger partial charge in [0.15, 0.2) is 0 Å². The molecule has 0 aliphatic heterocycles. The van der Waals surface area contributed by atoms with E-state index < -0.39 is 5.54 Å². The Kier molecular flexibility index (Phi) is 4.70. The Hall–Kier alpha value is -1.35. The molecule has 5 heteroatoms. The van der Waals surface area contributed by atoms with Crippen LogP contribution in [0.25, 0.3) is 0 Å². The van der Waals surface area contributed by atoms with Gasteiger partial charge in [0.1, 0.15) is 11.8 Å². The summed E-state index contributed by atoms with van der Waals surface area (Å²) in [5.41, 5.74) is 0.906. The molecular weight excluding hydrogens is 218 g/mol. The van der Waals surface area contributed by atoms with Crippen molar-refractivity contribution in [2.45, 2.75) is 25.4 Å².